The second-order valence-electron chi connectivity index (χ2n) is 5.42. The molecule has 0 atom stereocenters. The predicted octanol–water partition coefficient (Wildman–Crippen LogP) is 4.56. The van der Waals surface area contributed by atoms with Gasteiger partial charge >= 0.3 is 0 Å². The summed E-state index contributed by atoms with van der Waals surface area (Å²) in [5, 5.41) is 4.48. The number of nitrogens with one attached hydrogen (secondary N) is 2. The molecule has 0 fully saturated rings. The number of H-pyrrole nitrogens is 1. The van der Waals surface area contributed by atoms with Crippen molar-refractivity contribution in [2.75, 3.05) is 11.1 Å². The molecular formula is C19H16N4. The van der Waals surface area contributed by atoms with E-state index in [1.54, 1.807) is 6.20 Å². The van der Waals surface area contributed by atoms with E-state index in [4.69, 9.17) is 5.73 Å². The molecule has 4 N–H and O–H groups in total. The van der Waals surface area contributed by atoms with Gasteiger partial charge in [-0.15, -0.1) is 0 Å². The molecule has 0 bridgehead atoms. The Balaban J connectivity index is 1.75. The van der Waals surface area contributed by atoms with Gasteiger partial charge in [0.2, 0.25) is 0 Å². The largest absolute Gasteiger partial charge is 0.399 e. The van der Waals surface area contributed by atoms with Crippen molar-refractivity contribution in [2.45, 2.75) is 0 Å². The SMILES string of the molecule is Nc1ccc(Nc2ccnc3[nH]c(-c4ccccc4)cc23)cc1. The van der Waals surface area contributed by atoms with Crippen LogP contribution < -0.4 is 11.1 Å². The van der Waals surface area contributed by atoms with E-state index < -0.39 is 0 Å². The Hall–Kier alpha value is -3.27. The molecule has 4 heteroatoms. The topological polar surface area (TPSA) is 66.7 Å². The number of hydrogen-bond acceptors (Lipinski definition) is 3. The Kier molecular flexibility index (Phi) is 3.20. The van der Waals surface area contributed by atoms with Crippen LogP contribution in [0.5, 0.6) is 0 Å². The predicted molar refractivity (Wildman–Crippen MR) is 95.7 cm³/mol. The molecule has 0 unspecified atom stereocenters. The number of aromatic amines is 1. The summed E-state index contributed by atoms with van der Waals surface area (Å²) in [6, 6.07) is 22.0. The lowest BCUT2D eigenvalue weighted by molar-refractivity contribution is 1.32. The molecule has 0 spiro atoms. The maximum atomic E-state index is 5.74. The van der Waals surface area contributed by atoms with Crippen LogP contribution in [0.4, 0.5) is 17.1 Å². The van der Waals surface area contributed by atoms with Crippen molar-refractivity contribution < 1.29 is 0 Å². The molecule has 23 heavy (non-hydrogen) atoms. The van der Waals surface area contributed by atoms with Crippen molar-refractivity contribution in [3.8, 4) is 11.3 Å². The Morgan fingerprint density at radius 3 is 2.48 bits per heavy atom. The summed E-state index contributed by atoms with van der Waals surface area (Å²) in [6.45, 7) is 0. The minimum Gasteiger partial charge on any atom is -0.399 e. The summed E-state index contributed by atoms with van der Waals surface area (Å²) in [5.41, 5.74) is 11.6. The normalized spacial score (nSPS) is 10.8. The second kappa shape index (κ2) is 5.50. The highest BCUT2D eigenvalue weighted by Crippen LogP contribution is 2.29. The highest BCUT2D eigenvalue weighted by atomic mass is 14.9. The summed E-state index contributed by atoms with van der Waals surface area (Å²) < 4.78 is 0. The molecule has 0 aliphatic rings. The van der Waals surface area contributed by atoms with Gasteiger partial charge in [-0.1, -0.05) is 30.3 Å². The summed E-state index contributed by atoms with van der Waals surface area (Å²) in [7, 11) is 0. The lowest BCUT2D eigenvalue weighted by Gasteiger charge is -2.07. The lowest BCUT2D eigenvalue weighted by Crippen LogP contribution is -1.92. The molecule has 0 radical (unpaired) electrons. The van der Waals surface area contributed by atoms with E-state index in [0.717, 1.165) is 39.4 Å². The molecule has 0 aliphatic heterocycles. The maximum absolute atomic E-state index is 5.74. The van der Waals surface area contributed by atoms with Crippen LogP contribution in [0.2, 0.25) is 0 Å². The van der Waals surface area contributed by atoms with Gasteiger partial charge in [-0.3, -0.25) is 0 Å². The lowest BCUT2D eigenvalue weighted by atomic mass is 10.1. The van der Waals surface area contributed by atoms with Crippen LogP contribution in [0.1, 0.15) is 0 Å². The summed E-state index contributed by atoms with van der Waals surface area (Å²) in [6.07, 6.45) is 1.80. The zero-order chi connectivity index (χ0) is 15.6. The first-order valence-electron chi connectivity index (χ1n) is 7.45. The highest BCUT2D eigenvalue weighted by molar-refractivity contribution is 5.94. The van der Waals surface area contributed by atoms with Crippen molar-refractivity contribution in [1.29, 1.82) is 0 Å². The van der Waals surface area contributed by atoms with E-state index >= 15 is 0 Å². The first-order chi connectivity index (χ1) is 11.3. The quantitative estimate of drug-likeness (QED) is 0.486. The molecule has 4 nitrogen and oxygen atoms in total. The van der Waals surface area contributed by atoms with Gasteiger partial charge in [0.05, 0.1) is 5.69 Å². The van der Waals surface area contributed by atoms with Crippen LogP contribution in [-0.2, 0) is 0 Å². The van der Waals surface area contributed by atoms with Gasteiger partial charge in [-0.2, -0.15) is 0 Å². The number of pyridine rings is 1. The summed E-state index contributed by atoms with van der Waals surface area (Å²) in [5.74, 6) is 0. The van der Waals surface area contributed by atoms with Gasteiger partial charge < -0.3 is 16.0 Å². The molecule has 2 aromatic heterocycles. The third-order valence-electron chi connectivity index (χ3n) is 3.81. The third-order valence-corrected chi connectivity index (χ3v) is 3.81. The molecule has 2 heterocycles. The van der Waals surface area contributed by atoms with E-state index in [0.29, 0.717) is 0 Å². The van der Waals surface area contributed by atoms with Gasteiger partial charge in [0.15, 0.2) is 0 Å². The fourth-order valence-electron chi connectivity index (χ4n) is 2.63. The van der Waals surface area contributed by atoms with Crippen molar-refractivity contribution >= 4 is 28.1 Å². The second-order valence-corrected chi connectivity index (χ2v) is 5.42. The minimum absolute atomic E-state index is 0.753. The molecule has 112 valence electrons. The number of nitrogens with two attached hydrogens (primary N) is 1. The molecule has 0 aliphatic carbocycles. The van der Waals surface area contributed by atoms with Crippen LogP contribution in [-0.4, -0.2) is 9.97 Å². The highest BCUT2D eigenvalue weighted by Gasteiger charge is 2.08. The van der Waals surface area contributed by atoms with Gasteiger partial charge in [0.25, 0.3) is 0 Å². The molecular weight excluding hydrogens is 284 g/mol. The number of nitrogen functional groups attached to an aromatic ring is 1. The number of aromatic nitrogens is 2. The standard InChI is InChI=1S/C19H16N4/c20-14-6-8-15(9-7-14)22-17-10-11-21-19-16(17)12-18(23-19)13-4-2-1-3-5-13/h1-12H,20H2,(H2,21,22,23). The number of hydrogen-bond donors (Lipinski definition) is 3. The Bertz CT molecular complexity index is 940. The number of rotatable bonds is 3. The Labute approximate surface area is 134 Å². The van der Waals surface area contributed by atoms with E-state index in [1.165, 1.54) is 0 Å². The summed E-state index contributed by atoms with van der Waals surface area (Å²) in [4.78, 5) is 7.80. The summed E-state index contributed by atoms with van der Waals surface area (Å²) >= 11 is 0. The average Bonchev–Trinajstić information content (AvgIpc) is 3.03. The minimum atomic E-state index is 0.753. The zero-order valence-electron chi connectivity index (χ0n) is 12.5. The monoisotopic (exact) mass is 300 g/mol. The number of anilines is 3. The van der Waals surface area contributed by atoms with Crippen molar-refractivity contribution in [3.63, 3.8) is 0 Å². The van der Waals surface area contributed by atoms with E-state index in [-0.39, 0.29) is 0 Å². The van der Waals surface area contributed by atoms with Crippen LogP contribution >= 0.6 is 0 Å². The maximum Gasteiger partial charge on any atom is 0.139 e. The van der Waals surface area contributed by atoms with Crippen LogP contribution in [0.3, 0.4) is 0 Å². The number of benzene rings is 2. The fourth-order valence-corrected chi connectivity index (χ4v) is 2.63. The molecule has 4 aromatic rings. The van der Waals surface area contributed by atoms with E-state index in [9.17, 15) is 0 Å². The Morgan fingerprint density at radius 1 is 0.913 bits per heavy atom. The van der Waals surface area contributed by atoms with E-state index in [1.807, 2.05) is 48.5 Å². The first kappa shape index (κ1) is 13.4. The number of nitrogens with zero attached hydrogens (tertiary/aromatic N) is 1. The van der Waals surface area contributed by atoms with Crippen molar-refractivity contribution in [3.05, 3.63) is 72.9 Å². The van der Waals surface area contributed by atoms with Crippen LogP contribution in [0, 0.1) is 0 Å². The van der Waals surface area contributed by atoms with Crippen LogP contribution in [0.25, 0.3) is 22.3 Å². The van der Waals surface area contributed by atoms with Gasteiger partial charge in [0, 0.05) is 28.7 Å². The molecule has 2 aromatic carbocycles. The molecule has 0 amide bonds. The average molecular weight is 300 g/mol. The zero-order valence-corrected chi connectivity index (χ0v) is 12.5. The van der Waals surface area contributed by atoms with E-state index in [2.05, 4.69) is 33.5 Å². The molecule has 0 saturated heterocycles. The number of fused-ring (bicyclic) bond motifs is 1. The van der Waals surface area contributed by atoms with Crippen molar-refractivity contribution in [1.82, 2.24) is 9.97 Å². The Morgan fingerprint density at radius 2 is 1.70 bits per heavy atom. The van der Waals surface area contributed by atoms with Gasteiger partial charge in [0.1, 0.15) is 5.65 Å². The molecule has 0 saturated carbocycles. The fraction of sp³-hybridized carbons (Fsp3) is 0. The first-order valence-corrected chi connectivity index (χ1v) is 7.45. The molecule has 4 rings (SSSR count). The smallest absolute Gasteiger partial charge is 0.139 e. The third kappa shape index (κ3) is 2.62. The van der Waals surface area contributed by atoms with Gasteiger partial charge in [-0.25, -0.2) is 4.98 Å². The van der Waals surface area contributed by atoms with Gasteiger partial charge in [-0.05, 0) is 42.0 Å². The van der Waals surface area contributed by atoms with Crippen LogP contribution in [0.15, 0.2) is 72.9 Å². The van der Waals surface area contributed by atoms with Crippen molar-refractivity contribution in [2.24, 2.45) is 0 Å².